The van der Waals surface area contributed by atoms with Gasteiger partial charge in [-0.25, -0.2) is 10.3 Å². The van der Waals surface area contributed by atoms with Gasteiger partial charge >= 0.3 is 5.97 Å². The molecule has 0 saturated carbocycles. The molecule has 0 saturated heterocycles. The molecule has 1 aliphatic rings. The number of hydrogen-bond acceptors (Lipinski definition) is 6. The van der Waals surface area contributed by atoms with E-state index in [0.717, 1.165) is 0 Å². The minimum Gasteiger partial charge on any atom is -0.508 e. The van der Waals surface area contributed by atoms with Crippen molar-refractivity contribution in [2.24, 2.45) is 0 Å². The van der Waals surface area contributed by atoms with Gasteiger partial charge in [-0.2, -0.15) is 0 Å². The number of hydrogen-bond donors (Lipinski definition) is 3. The molecule has 0 aromatic heterocycles. The van der Waals surface area contributed by atoms with E-state index in [2.05, 4.69) is 15.5 Å². The lowest BCUT2D eigenvalue weighted by Gasteiger charge is -2.33. The van der Waals surface area contributed by atoms with E-state index in [1.54, 1.807) is 36.4 Å². The number of aromatic hydroxyl groups is 1. The number of rotatable bonds is 6. The first-order valence-corrected chi connectivity index (χ1v) is 11.2. The molecular formula is C25H20Cl2N2O6. The number of esters is 1. The molecule has 0 aliphatic carbocycles. The van der Waals surface area contributed by atoms with Crippen molar-refractivity contribution in [3.63, 3.8) is 0 Å². The lowest BCUT2D eigenvalue weighted by molar-refractivity contribution is -0.137. The Morgan fingerprint density at radius 3 is 2.57 bits per heavy atom. The average molecular weight is 515 g/mol. The molecule has 3 N–H and O–H groups in total. The van der Waals surface area contributed by atoms with Gasteiger partial charge in [-0.1, -0.05) is 47.5 Å². The van der Waals surface area contributed by atoms with Crippen LogP contribution in [0.15, 0.2) is 60.7 Å². The number of benzene rings is 3. The molecule has 0 fully saturated rings. The highest BCUT2D eigenvalue weighted by atomic mass is 35.5. The Morgan fingerprint density at radius 2 is 1.83 bits per heavy atom. The van der Waals surface area contributed by atoms with Crippen LogP contribution in [0.25, 0.3) is 0 Å². The number of halogens is 2. The van der Waals surface area contributed by atoms with Gasteiger partial charge in [0.25, 0.3) is 11.8 Å². The second-order valence-electron chi connectivity index (χ2n) is 7.77. The molecule has 10 heteroatoms. The number of carbonyl (C=O) groups excluding carboxylic acids is 3. The summed E-state index contributed by atoms with van der Waals surface area (Å²) in [5, 5.41) is 13.7. The average Bonchev–Trinajstić information content (AvgIpc) is 2.84. The molecule has 180 valence electrons. The zero-order chi connectivity index (χ0) is 25.1. The first-order chi connectivity index (χ1) is 16.8. The Morgan fingerprint density at radius 1 is 1.06 bits per heavy atom. The topological polar surface area (TPSA) is 114 Å². The zero-order valence-electron chi connectivity index (χ0n) is 18.4. The lowest BCUT2D eigenvalue weighted by atomic mass is 9.80. The first-order valence-electron chi connectivity index (χ1n) is 10.5. The lowest BCUT2D eigenvalue weighted by Crippen LogP contribution is -2.44. The summed E-state index contributed by atoms with van der Waals surface area (Å²) < 4.78 is 4.68. The highest BCUT2D eigenvalue weighted by molar-refractivity contribution is 6.35. The largest absolute Gasteiger partial charge is 0.508 e. The SMILES string of the molecule is COC(=O)c1ccc(O)c(CONC(=O)[C@@H]2c3ccccc3C(=O)N[C@H]2c2ccc(Cl)cc2Cl)c1. The Kier molecular flexibility index (Phi) is 7.25. The summed E-state index contributed by atoms with van der Waals surface area (Å²) in [6, 6.07) is 14.9. The summed E-state index contributed by atoms with van der Waals surface area (Å²) in [5.41, 5.74) is 4.25. The fourth-order valence-electron chi connectivity index (χ4n) is 3.95. The predicted octanol–water partition coefficient (Wildman–Crippen LogP) is 4.30. The standard InChI is InChI=1S/C25H20Cl2N2O6/c1-34-25(33)13-6-9-20(30)14(10-13)12-35-29-24(32)21-16-4-2-3-5-17(16)23(31)28-22(21)18-8-7-15(26)11-19(18)27/h2-11,21-22,30H,12H2,1H3,(H,28,31)(H,29,32)/t21-,22+/m1/s1. The third kappa shape index (κ3) is 5.09. The summed E-state index contributed by atoms with van der Waals surface area (Å²) in [6.45, 7) is -0.227. The second kappa shape index (κ2) is 10.4. The number of fused-ring (bicyclic) bond motifs is 1. The Balaban J connectivity index is 1.59. The van der Waals surface area contributed by atoms with Crippen LogP contribution >= 0.6 is 23.2 Å². The number of nitrogens with one attached hydrogen (secondary N) is 2. The molecule has 35 heavy (non-hydrogen) atoms. The Bertz CT molecular complexity index is 1310. The van der Waals surface area contributed by atoms with Crippen LogP contribution in [-0.2, 0) is 21.0 Å². The number of phenolic OH excluding ortho intramolecular Hbond substituents is 1. The summed E-state index contributed by atoms with van der Waals surface area (Å²) in [5.74, 6) is -2.46. The fourth-order valence-corrected chi connectivity index (χ4v) is 4.48. The van der Waals surface area contributed by atoms with Gasteiger partial charge in [-0.05, 0) is 47.5 Å². The normalized spacial score (nSPS) is 16.7. The third-order valence-electron chi connectivity index (χ3n) is 5.64. The molecule has 0 bridgehead atoms. The highest BCUT2D eigenvalue weighted by Crippen LogP contribution is 2.40. The molecule has 0 radical (unpaired) electrons. The summed E-state index contributed by atoms with van der Waals surface area (Å²) in [6.07, 6.45) is 0. The molecule has 0 unspecified atom stereocenters. The van der Waals surface area contributed by atoms with E-state index in [4.69, 9.17) is 28.0 Å². The van der Waals surface area contributed by atoms with Crippen LogP contribution in [0.5, 0.6) is 5.75 Å². The minimum absolute atomic E-state index is 0.118. The smallest absolute Gasteiger partial charge is 0.337 e. The molecule has 3 aromatic rings. The summed E-state index contributed by atoms with van der Waals surface area (Å²) >= 11 is 12.4. The van der Waals surface area contributed by atoms with Gasteiger partial charge in [0.15, 0.2) is 0 Å². The van der Waals surface area contributed by atoms with E-state index in [1.807, 2.05) is 0 Å². The van der Waals surface area contributed by atoms with Crippen LogP contribution in [0, 0.1) is 0 Å². The van der Waals surface area contributed by atoms with Crippen molar-refractivity contribution in [1.29, 1.82) is 0 Å². The van der Waals surface area contributed by atoms with Gasteiger partial charge in [0.05, 0.1) is 24.6 Å². The van der Waals surface area contributed by atoms with Crippen molar-refractivity contribution in [3.8, 4) is 5.75 Å². The number of methoxy groups -OCH3 is 1. The first kappa shape index (κ1) is 24.5. The van der Waals surface area contributed by atoms with E-state index >= 15 is 0 Å². The zero-order valence-corrected chi connectivity index (χ0v) is 19.9. The maximum Gasteiger partial charge on any atom is 0.337 e. The number of phenols is 1. The monoisotopic (exact) mass is 514 g/mol. The van der Waals surface area contributed by atoms with E-state index in [0.29, 0.717) is 26.7 Å². The van der Waals surface area contributed by atoms with Crippen molar-refractivity contribution in [2.45, 2.75) is 18.6 Å². The van der Waals surface area contributed by atoms with Gasteiger partial charge in [0.2, 0.25) is 0 Å². The maximum absolute atomic E-state index is 13.3. The molecule has 0 spiro atoms. The van der Waals surface area contributed by atoms with Crippen molar-refractivity contribution >= 4 is 41.0 Å². The molecule has 1 aliphatic heterocycles. The molecule has 2 amide bonds. The molecule has 4 rings (SSSR count). The minimum atomic E-state index is -0.877. The summed E-state index contributed by atoms with van der Waals surface area (Å²) in [4.78, 5) is 43.2. The Hall–Kier alpha value is -3.59. The van der Waals surface area contributed by atoms with Gasteiger partial charge in [0.1, 0.15) is 12.4 Å². The van der Waals surface area contributed by atoms with Crippen LogP contribution < -0.4 is 10.8 Å². The Labute approximate surface area is 210 Å². The van der Waals surface area contributed by atoms with E-state index in [9.17, 15) is 19.5 Å². The quantitative estimate of drug-likeness (QED) is 0.333. The molecule has 1 heterocycles. The number of amides is 2. The second-order valence-corrected chi connectivity index (χ2v) is 8.62. The molecule has 8 nitrogen and oxygen atoms in total. The summed E-state index contributed by atoms with van der Waals surface area (Å²) in [7, 11) is 1.25. The maximum atomic E-state index is 13.3. The van der Waals surface area contributed by atoms with Gasteiger partial charge < -0.3 is 15.2 Å². The van der Waals surface area contributed by atoms with Crippen molar-refractivity contribution < 1.29 is 29.1 Å². The number of carbonyl (C=O) groups is 3. The van der Waals surface area contributed by atoms with Crippen LogP contribution in [-0.4, -0.2) is 30.0 Å². The third-order valence-corrected chi connectivity index (χ3v) is 6.20. The van der Waals surface area contributed by atoms with E-state index in [-0.39, 0.29) is 29.4 Å². The molecule has 3 aromatic carbocycles. The van der Waals surface area contributed by atoms with E-state index in [1.165, 1.54) is 31.4 Å². The van der Waals surface area contributed by atoms with E-state index < -0.39 is 23.8 Å². The van der Waals surface area contributed by atoms with Crippen molar-refractivity contribution in [1.82, 2.24) is 10.8 Å². The van der Waals surface area contributed by atoms with Crippen LogP contribution in [0.4, 0.5) is 0 Å². The van der Waals surface area contributed by atoms with Gasteiger partial charge in [-0.3, -0.25) is 14.4 Å². The van der Waals surface area contributed by atoms with Crippen molar-refractivity contribution in [3.05, 3.63) is 98.5 Å². The molecular weight excluding hydrogens is 495 g/mol. The highest BCUT2D eigenvalue weighted by Gasteiger charge is 2.40. The van der Waals surface area contributed by atoms with Gasteiger partial charge in [-0.15, -0.1) is 0 Å². The van der Waals surface area contributed by atoms with Crippen molar-refractivity contribution in [2.75, 3.05) is 7.11 Å². The number of hydroxylamine groups is 1. The van der Waals surface area contributed by atoms with Crippen LogP contribution in [0.3, 0.4) is 0 Å². The predicted molar refractivity (Wildman–Crippen MR) is 128 cm³/mol. The molecule has 2 atom stereocenters. The number of ether oxygens (including phenoxy) is 1. The fraction of sp³-hybridized carbons (Fsp3) is 0.160. The van der Waals surface area contributed by atoms with Crippen LogP contribution in [0.2, 0.25) is 10.0 Å². The van der Waals surface area contributed by atoms with Gasteiger partial charge in [0, 0.05) is 21.2 Å². The van der Waals surface area contributed by atoms with Crippen LogP contribution in [0.1, 0.15) is 49.4 Å².